The lowest BCUT2D eigenvalue weighted by Gasteiger charge is -2.01. The van der Waals surface area contributed by atoms with Crippen LogP contribution in [0.5, 0.6) is 0 Å². The monoisotopic (exact) mass is 248 g/mol. The molecule has 0 bridgehead atoms. The third-order valence-corrected chi connectivity index (χ3v) is 3.27. The van der Waals surface area contributed by atoms with Crippen LogP contribution in [0.4, 0.5) is 0 Å². The summed E-state index contributed by atoms with van der Waals surface area (Å²) in [5.41, 5.74) is 2.06. The highest BCUT2D eigenvalue weighted by atomic mass is 32.1. The van der Waals surface area contributed by atoms with Crippen LogP contribution in [0.25, 0.3) is 11.1 Å². The normalized spacial score (nSPS) is 10.2. The average Bonchev–Trinajstić information content (AvgIpc) is 2.78. The molecule has 1 heterocycles. The van der Waals surface area contributed by atoms with Gasteiger partial charge in [0.05, 0.1) is 0 Å². The Bertz CT molecular complexity index is 533. The van der Waals surface area contributed by atoms with Crippen LogP contribution in [0.2, 0.25) is 0 Å². The zero-order chi connectivity index (χ0) is 12.4. The number of hydrogen-bond donors (Lipinski definition) is 3. The van der Waals surface area contributed by atoms with Crippen LogP contribution in [0.15, 0.2) is 35.7 Å². The average molecular weight is 248 g/mol. The predicted octanol–water partition coefficient (Wildman–Crippen LogP) is 0.793. The molecule has 0 aliphatic rings. The number of thiophene rings is 1. The molecule has 6 heteroatoms. The topological polar surface area (TPSA) is 77.8 Å². The van der Waals surface area contributed by atoms with Gasteiger partial charge < -0.3 is 15.2 Å². The van der Waals surface area contributed by atoms with Crippen LogP contribution in [-0.2, 0) is 0 Å². The van der Waals surface area contributed by atoms with Crippen molar-refractivity contribution in [3.63, 3.8) is 0 Å². The second-order valence-corrected chi connectivity index (χ2v) is 4.41. The van der Waals surface area contributed by atoms with Crippen LogP contribution in [0.3, 0.4) is 0 Å². The van der Waals surface area contributed by atoms with Crippen LogP contribution in [0.1, 0.15) is 9.67 Å². The number of benzene rings is 1. The lowest BCUT2D eigenvalue weighted by Crippen LogP contribution is -2.29. The molecule has 2 aromatic rings. The van der Waals surface area contributed by atoms with Crippen molar-refractivity contribution in [2.24, 2.45) is 0 Å². The summed E-state index contributed by atoms with van der Waals surface area (Å²) in [6, 6.07) is 8.23. The van der Waals surface area contributed by atoms with E-state index in [1.165, 1.54) is 0 Å². The fraction of sp³-hybridized carbons (Fsp3) is 0. The third kappa shape index (κ3) is 2.55. The summed E-state index contributed by atoms with van der Waals surface area (Å²) in [7, 11) is -1.49. The van der Waals surface area contributed by atoms with Gasteiger partial charge in [0, 0.05) is 0 Å². The van der Waals surface area contributed by atoms with Gasteiger partial charge in [0.1, 0.15) is 4.88 Å². The second-order valence-electron chi connectivity index (χ2n) is 3.50. The molecular formula is C11H9BO4S. The molecule has 0 saturated carbocycles. The maximum absolute atomic E-state index is 10.7. The maximum atomic E-state index is 10.7. The molecule has 0 atom stereocenters. The number of carboxylic acid groups (broad SMARTS) is 1. The number of carbonyl (C=O) groups is 1. The van der Waals surface area contributed by atoms with Gasteiger partial charge in [-0.25, -0.2) is 4.79 Å². The van der Waals surface area contributed by atoms with Crippen molar-refractivity contribution in [1.82, 2.24) is 0 Å². The van der Waals surface area contributed by atoms with Crippen LogP contribution < -0.4 is 5.46 Å². The van der Waals surface area contributed by atoms with E-state index in [9.17, 15) is 4.79 Å². The van der Waals surface area contributed by atoms with Crippen molar-refractivity contribution in [2.75, 3.05) is 0 Å². The van der Waals surface area contributed by atoms with Crippen LogP contribution in [-0.4, -0.2) is 28.2 Å². The summed E-state index contributed by atoms with van der Waals surface area (Å²) >= 11 is 1.16. The Labute approximate surface area is 102 Å². The summed E-state index contributed by atoms with van der Waals surface area (Å²) in [5, 5.41) is 28.4. The molecule has 4 nitrogen and oxygen atoms in total. The van der Waals surface area contributed by atoms with E-state index in [0.29, 0.717) is 5.46 Å². The molecule has 86 valence electrons. The van der Waals surface area contributed by atoms with Gasteiger partial charge in [-0.15, -0.1) is 11.3 Å². The highest BCUT2D eigenvalue weighted by molar-refractivity contribution is 7.12. The van der Waals surface area contributed by atoms with E-state index in [1.807, 2.05) is 0 Å². The van der Waals surface area contributed by atoms with E-state index in [2.05, 4.69) is 0 Å². The van der Waals surface area contributed by atoms with Crippen molar-refractivity contribution < 1.29 is 19.9 Å². The van der Waals surface area contributed by atoms with E-state index in [-0.39, 0.29) is 4.88 Å². The summed E-state index contributed by atoms with van der Waals surface area (Å²) in [5.74, 6) is -0.941. The molecule has 0 unspecified atom stereocenters. The molecule has 17 heavy (non-hydrogen) atoms. The van der Waals surface area contributed by atoms with Gasteiger partial charge in [-0.3, -0.25) is 0 Å². The first-order valence-electron chi connectivity index (χ1n) is 4.86. The standard InChI is InChI=1S/C11H9BO4S/c13-11(14)10-5-8(6-17-10)7-1-3-9(4-2-7)12(15)16/h1-6,15-16H,(H,13,14). The first-order valence-corrected chi connectivity index (χ1v) is 5.74. The molecule has 2 rings (SSSR count). The van der Waals surface area contributed by atoms with Crippen molar-refractivity contribution >= 4 is 29.9 Å². The summed E-state index contributed by atoms with van der Waals surface area (Å²) in [6.07, 6.45) is 0. The molecule has 0 amide bonds. The molecule has 0 aliphatic heterocycles. The lowest BCUT2D eigenvalue weighted by atomic mass is 9.80. The van der Waals surface area contributed by atoms with Crippen molar-refractivity contribution in [3.8, 4) is 11.1 Å². The Morgan fingerprint density at radius 1 is 1.12 bits per heavy atom. The Balaban J connectivity index is 2.30. The molecule has 0 aliphatic carbocycles. The van der Waals surface area contributed by atoms with Crippen molar-refractivity contribution in [2.45, 2.75) is 0 Å². The fourth-order valence-corrected chi connectivity index (χ4v) is 2.20. The predicted molar refractivity (Wildman–Crippen MR) is 66.5 cm³/mol. The first kappa shape index (κ1) is 11.8. The van der Waals surface area contributed by atoms with E-state index < -0.39 is 13.1 Å². The first-order chi connectivity index (χ1) is 8.08. The number of carboxylic acids is 1. The fourth-order valence-electron chi connectivity index (χ4n) is 1.45. The van der Waals surface area contributed by atoms with Gasteiger partial charge in [0.2, 0.25) is 0 Å². The molecule has 0 saturated heterocycles. The molecule has 1 aromatic carbocycles. The SMILES string of the molecule is O=C(O)c1cc(-c2ccc(B(O)O)cc2)cs1. The number of aromatic carboxylic acids is 1. The summed E-state index contributed by atoms with van der Waals surface area (Å²) in [4.78, 5) is 11.0. The quantitative estimate of drug-likeness (QED) is 0.702. The minimum absolute atomic E-state index is 0.284. The Kier molecular flexibility index (Phi) is 3.28. The molecular weight excluding hydrogens is 239 g/mol. The van der Waals surface area contributed by atoms with E-state index in [4.69, 9.17) is 15.2 Å². The highest BCUT2D eigenvalue weighted by Gasteiger charge is 2.11. The molecule has 3 N–H and O–H groups in total. The van der Waals surface area contributed by atoms with Gasteiger partial charge in [-0.1, -0.05) is 24.3 Å². The zero-order valence-electron chi connectivity index (χ0n) is 8.70. The van der Waals surface area contributed by atoms with Gasteiger partial charge in [0.15, 0.2) is 0 Å². The van der Waals surface area contributed by atoms with Crippen LogP contribution in [0, 0.1) is 0 Å². The number of hydrogen-bond acceptors (Lipinski definition) is 4. The lowest BCUT2D eigenvalue weighted by molar-refractivity contribution is 0.0702. The largest absolute Gasteiger partial charge is 0.488 e. The van der Waals surface area contributed by atoms with E-state index in [1.54, 1.807) is 35.7 Å². The minimum Gasteiger partial charge on any atom is -0.477 e. The van der Waals surface area contributed by atoms with E-state index >= 15 is 0 Å². The second kappa shape index (κ2) is 4.71. The smallest absolute Gasteiger partial charge is 0.477 e. The highest BCUT2D eigenvalue weighted by Crippen LogP contribution is 2.24. The number of rotatable bonds is 3. The van der Waals surface area contributed by atoms with E-state index in [0.717, 1.165) is 22.5 Å². The van der Waals surface area contributed by atoms with Crippen molar-refractivity contribution in [1.29, 1.82) is 0 Å². The van der Waals surface area contributed by atoms with Gasteiger partial charge in [0.25, 0.3) is 0 Å². The molecule has 0 radical (unpaired) electrons. The van der Waals surface area contributed by atoms with Crippen molar-refractivity contribution in [3.05, 3.63) is 40.6 Å². The van der Waals surface area contributed by atoms with Gasteiger partial charge in [-0.05, 0) is 28.0 Å². The van der Waals surface area contributed by atoms with Gasteiger partial charge >= 0.3 is 13.1 Å². The van der Waals surface area contributed by atoms with Crippen LogP contribution >= 0.6 is 11.3 Å². The third-order valence-electron chi connectivity index (χ3n) is 2.35. The Hall–Kier alpha value is -1.63. The maximum Gasteiger partial charge on any atom is 0.488 e. The molecule has 0 spiro atoms. The zero-order valence-corrected chi connectivity index (χ0v) is 9.52. The molecule has 0 fully saturated rings. The Morgan fingerprint density at radius 2 is 1.76 bits per heavy atom. The summed E-state index contributed by atoms with van der Waals surface area (Å²) in [6.45, 7) is 0. The summed E-state index contributed by atoms with van der Waals surface area (Å²) < 4.78 is 0. The van der Waals surface area contributed by atoms with Gasteiger partial charge in [-0.2, -0.15) is 0 Å². The minimum atomic E-state index is -1.49. The Morgan fingerprint density at radius 3 is 2.24 bits per heavy atom. The molecule has 1 aromatic heterocycles.